The molecule has 0 aliphatic carbocycles. The summed E-state index contributed by atoms with van der Waals surface area (Å²) >= 11 is 0. The summed E-state index contributed by atoms with van der Waals surface area (Å²) in [5.74, 6) is 5.00. The van der Waals surface area contributed by atoms with Crippen LogP contribution >= 0.6 is 0 Å². The molecule has 5 heterocycles. The fourth-order valence-electron chi connectivity index (χ4n) is 8.59. The molecule has 2 aromatic heterocycles. The average molecular weight is 974 g/mol. The Morgan fingerprint density at radius 3 is 1.95 bits per heavy atom. The molecule has 0 spiro atoms. The number of pyridine rings is 1. The summed E-state index contributed by atoms with van der Waals surface area (Å²) in [4.78, 5) is 11.4. The van der Waals surface area contributed by atoms with Crippen molar-refractivity contribution in [2.45, 2.75) is 26.2 Å². The summed E-state index contributed by atoms with van der Waals surface area (Å²) in [5.41, 5.74) is 9.68. The van der Waals surface area contributed by atoms with Crippen LogP contribution in [0.4, 0.5) is 39.8 Å². The summed E-state index contributed by atoms with van der Waals surface area (Å²) in [6.07, 6.45) is 1.89. The van der Waals surface area contributed by atoms with Gasteiger partial charge in [0.25, 0.3) is 0 Å². The van der Waals surface area contributed by atoms with Crippen molar-refractivity contribution in [3.8, 4) is 40.3 Å². The number of para-hydroxylation sites is 7. The first-order valence-corrected chi connectivity index (χ1v) is 20.0. The quantitative estimate of drug-likeness (QED) is 0.159. The number of hydrogen-bond donors (Lipinski definition) is 0. The molecule has 0 saturated heterocycles. The summed E-state index contributed by atoms with van der Waals surface area (Å²) in [6.45, 7) is 8.73. The molecule has 0 saturated carbocycles. The SMILES string of the molecule is CC(C)(C)c1ccnc(-n2c3[c-]c(Oc4[c-]c(N5[CH-]N(c6cc7c8c(c6)Oc6ccccc6N8c6ccccc6O7)c6ccccc65)ccc4)ccc3c3ccccc32)c1.[Pt]. The van der Waals surface area contributed by atoms with Crippen LogP contribution in [0.2, 0.25) is 0 Å². The van der Waals surface area contributed by atoms with Gasteiger partial charge in [0.2, 0.25) is 0 Å². The normalized spacial score (nSPS) is 13.5. The molecule has 12 rings (SSSR count). The van der Waals surface area contributed by atoms with Crippen molar-refractivity contribution in [3.63, 3.8) is 0 Å². The van der Waals surface area contributed by atoms with Crippen LogP contribution in [-0.2, 0) is 26.5 Å². The maximum atomic E-state index is 6.60. The molecule has 300 valence electrons. The molecule has 8 nitrogen and oxygen atoms in total. The van der Waals surface area contributed by atoms with Crippen molar-refractivity contribution in [2.24, 2.45) is 0 Å². The number of hydrogen-bond acceptors (Lipinski definition) is 7. The van der Waals surface area contributed by atoms with Crippen molar-refractivity contribution >= 4 is 61.6 Å². The van der Waals surface area contributed by atoms with Crippen LogP contribution in [0, 0.1) is 18.8 Å². The van der Waals surface area contributed by atoms with Crippen LogP contribution in [0.1, 0.15) is 26.3 Å². The van der Waals surface area contributed by atoms with E-state index in [1.165, 1.54) is 5.56 Å². The Morgan fingerprint density at radius 1 is 0.590 bits per heavy atom. The Balaban J connectivity index is 0.00000420. The van der Waals surface area contributed by atoms with E-state index in [2.05, 4.69) is 144 Å². The Kier molecular flexibility index (Phi) is 8.52. The second-order valence-corrected chi connectivity index (χ2v) is 16.2. The summed E-state index contributed by atoms with van der Waals surface area (Å²) in [5, 5.41) is 2.21. The van der Waals surface area contributed by atoms with Crippen LogP contribution in [0.25, 0.3) is 27.6 Å². The Hall–Kier alpha value is -7.02. The molecule has 9 heteroatoms. The molecule has 0 amide bonds. The molecular formula is C52H36N5O3Pt-3. The Morgan fingerprint density at radius 2 is 1.23 bits per heavy atom. The largest absolute Gasteiger partial charge is 0.509 e. The first-order chi connectivity index (χ1) is 29.4. The van der Waals surface area contributed by atoms with E-state index >= 15 is 0 Å². The molecule has 7 aromatic carbocycles. The maximum Gasteiger partial charge on any atom is 0.157 e. The molecule has 9 aromatic rings. The molecule has 3 aliphatic rings. The second kappa shape index (κ2) is 14.0. The van der Waals surface area contributed by atoms with Crippen LogP contribution in [-0.4, -0.2) is 9.55 Å². The van der Waals surface area contributed by atoms with Gasteiger partial charge in [-0.1, -0.05) is 80.9 Å². The van der Waals surface area contributed by atoms with E-state index in [-0.39, 0.29) is 26.5 Å². The van der Waals surface area contributed by atoms with Crippen LogP contribution < -0.4 is 28.9 Å². The molecule has 61 heavy (non-hydrogen) atoms. The Bertz CT molecular complexity index is 3140. The van der Waals surface area contributed by atoms with Crippen molar-refractivity contribution in [1.82, 2.24) is 9.55 Å². The molecule has 0 atom stereocenters. The topological polar surface area (TPSA) is 55.2 Å². The predicted octanol–water partition coefficient (Wildman–Crippen LogP) is 14.0. The molecule has 3 aliphatic heterocycles. The van der Waals surface area contributed by atoms with Gasteiger partial charge in [-0.15, -0.1) is 48.1 Å². The standard InChI is InChI=1S/C52H36N5O3.Pt/c1-52(2,3)33-25-26-53-50(27-33)56-40-16-5-4-15-38(40)39-24-23-37(31-45(39)56)58-36-14-12-13-34(28-36)54-32-55(42-18-7-6-17-41(42)54)35-29-48-51-49(30-35)60-47-22-11-9-20-44(47)57(51)43-19-8-10-21-46(43)59-48;/h4-27,29-30,32H,1-3H3;/q-3;. The minimum atomic E-state index is -0.0271. The van der Waals surface area contributed by atoms with Crippen LogP contribution in [0.15, 0.2) is 158 Å². The van der Waals surface area contributed by atoms with E-state index in [1.807, 2.05) is 72.9 Å². The van der Waals surface area contributed by atoms with Gasteiger partial charge < -0.3 is 28.6 Å². The van der Waals surface area contributed by atoms with Gasteiger partial charge in [-0.05, 0) is 71.0 Å². The Labute approximate surface area is 368 Å². The third-order valence-electron chi connectivity index (χ3n) is 11.4. The van der Waals surface area contributed by atoms with Crippen molar-refractivity contribution < 1.29 is 35.3 Å². The van der Waals surface area contributed by atoms with E-state index in [4.69, 9.17) is 19.2 Å². The zero-order valence-corrected chi connectivity index (χ0v) is 35.6. The molecule has 0 bridgehead atoms. The van der Waals surface area contributed by atoms with Crippen molar-refractivity contribution in [3.05, 3.63) is 182 Å². The first-order valence-electron chi connectivity index (χ1n) is 20.0. The monoisotopic (exact) mass is 973 g/mol. The van der Waals surface area contributed by atoms with E-state index in [0.717, 1.165) is 78.9 Å². The van der Waals surface area contributed by atoms with E-state index in [1.54, 1.807) is 0 Å². The molecule has 0 unspecified atom stereocenters. The van der Waals surface area contributed by atoms with Gasteiger partial charge in [0.1, 0.15) is 11.5 Å². The smallest absolute Gasteiger partial charge is 0.157 e. The minimum absolute atomic E-state index is 0. The number of rotatable bonds is 5. The van der Waals surface area contributed by atoms with Crippen molar-refractivity contribution in [1.29, 1.82) is 0 Å². The van der Waals surface area contributed by atoms with Gasteiger partial charge in [0.05, 0.1) is 11.4 Å². The van der Waals surface area contributed by atoms with Gasteiger partial charge in [0, 0.05) is 73.5 Å². The van der Waals surface area contributed by atoms with Gasteiger partial charge >= 0.3 is 0 Å². The number of anilines is 7. The van der Waals surface area contributed by atoms with E-state index < -0.39 is 0 Å². The molecule has 0 N–H and O–H groups in total. The molecule has 0 fully saturated rings. The number of fused-ring (bicyclic) bond motifs is 8. The van der Waals surface area contributed by atoms with Gasteiger partial charge in [-0.25, -0.2) is 4.98 Å². The number of nitrogens with zero attached hydrogens (tertiary/aromatic N) is 5. The third-order valence-corrected chi connectivity index (χ3v) is 11.4. The zero-order valence-electron chi connectivity index (χ0n) is 33.4. The van der Waals surface area contributed by atoms with E-state index in [0.29, 0.717) is 23.0 Å². The first kappa shape index (κ1) is 37.0. The van der Waals surface area contributed by atoms with Crippen LogP contribution in [0.3, 0.4) is 0 Å². The fraction of sp³-hybridized carbons (Fsp3) is 0.0769. The van der Waals surface area contributed by atoms with Gasteiger partial charge in [-0.2, -0.15) is 12.1 Å². The molecule has 0 radical (unpaired) electrons. The van der Waals surface area contributed by atoms with Gasteiger partial charge in [-0.3, -0.25) is 4.90 Å². The fourth-order valence-corrected chi connectivity index (χ4v) is 8.59. The van der Waals surface area contributed by atoms with Crippen molar-refractivity contribution in [2.75, 3.05) is 14.7 Å². The number of ether oxygens (including phenoxy) is 3. The third kappa shape index (κ3) is 5.96. The minimum Gasteiger partial charge on any atom is -0.509 e. The average Bonchev–Trinajstić information content (AvgIpc) is 3.82. The molecular weight excluding hydrogens is 938 g/mol. The van der Waals surface area contributed by atoms with Gasteiger partial charge in [0.15, 0.2) is 23.0 Å². The summed E-state index contributed by atoms with van der Waals surface area (Å²) in [7, 11) is 0. The number of aromatic nitrogens is 2. The maximum absolute atomic E-state index is 6.60. The zero-order chi connectivity index (χ0) is 40.1. The number of benzene rings is 7. The second-order valence-electron chi connectivity index (χ2n) is 16.2. The summed E-state index contributed by atoms with van der Waals surface area (Å²) < 4.78 is 22.0. The summed E-state index contributed by atoms with van der Waals surface area (Å²) in [6, 6.07) is 58.6. The van der Waals surface area contributed by atoms with E-state index in [9.17, 15) is 0 Å². The van der Waals surface area contributed by atoms with Crippen LogP contribution in [0.5, 0.6) is 34.5 Å². The predicted molar refractivity (Wildman–Crippen MR) is 238 cm³/mol.